The molecule has 0 spiro atoms. The molecule has 9 nitrogen and oxygen atoms in total. The molecule has 0 amide bonds. The number of rotatable bonds is 9. The average Bonchev–Trinajstić information content (AvgIpc) is 3.60. The lowest BCUT2D eigenvalue weighted by molar-refractivity contribution is 0.122. The van der Waals surface area contributed by atoms with Crippen molar-refractivity contribution in [2.75, 3.05) is 57.9 Å². The lowest BCUT2D eigenvalue weighted by Crippen LogP contribution is -2.37. The fraction of sp³-hybridized carbons (Fsp3) is 0.606. The van der Waals surface area contributed by atoms with Gasteiger partial charge in [0.1, 0.15) is 11.6 Å². The van der Waals surface area contributed by atoms with Gasteiger partial charge in [0, 0.05) is 31.7 Å². The number of aromatic nitrogens is 4. The Morgan fingerprint density at radius 2 is 1.80 bits per heavy atom. The number of nitrogens with zero attached hydrogens (tertiary/aromatic N) is 6. The van der Waals surface area contributed by atoms with Crippen LogP contribution in [0.25, 0.3) is 16.9 Å². The van der Waals surface area contributed by atoms with Gasteiger partial charge in [-0.2, -0.15) is 0 Å². The maximum Gasteiger partial charge on any atom is 0.296 e. The van der Waals surface area contributed by atoms with Gasteiger partial charge >= 0.3 is 0 Å². The second-order valence-electron chi connectivity index (χ2n) is 12.9. The Kier molecular flexibility index (Phi) is 8.63. The summed E-state index contributed by atoms with van der Waals surface area (Å²) in [5, 5.41) is 7.38. The minimum absolute atomic E-state index is 0.0465. The molecule has 11 heteroatoms. The van der Waals surface area contributed by atoms with E-state index >= 15 is 0 Å². The number of allylic oxidation sites excluding steroid dienone is 1. The number of halogens is 2. The lowest BCUT2D eigenvalue weighted by atomic mass is 9.83. The molecule has 44 heavy (non-hydrogen) atoms. The molecule has 2 unspecified atom stereocenters. The number of hydrogen-bond donors (Lipinski definition) is 2. The van der Waals surface area contributed by atoms with Gasteiger partial charge in [0.25, 0.3) is 6.43 Å². The molecule has 236 valence electrons. The third-order valence-corrected chi connectivity index (χ3v) is 10.1. The number of likely N-dealkylation sites (N-methyl/N-ethyl adjacent to an activating group) is 1. The topological polar surface area (TPSA) is 93.3 Å². The highest BCUT2D eigenvalue weighted by molar-refractivity contribution is 5.78. The zero-order valence-electron chi connectivity index (χ0n) is 25.8. The van der Waals surface area contributed by atoms with E-state index in [1.165, 1.54) is 42.4 Å². The Morgan fingerprint density at radius 3 is 2.55 bits per heavy atom. The molecule has 5 heterocycles. The molecule has 0 radical (unpaired) electrons. The molecule has 4 aliphatic rings. The van der Waals surface area contributed by atoms with Crippen LogP contribution in [0.1, 0.15) is 69.6 Å². The molecule has 0 bridgehead atoms. The molecule has 3 aromatic rings. The molecule has 3 saturated heterocycles. The number of fused-ring (bicyclic) bond motifs is 1. The number of hydrogen-bond acceptors (Lipinski definition) is 8. The third kappa shape index (κ3) is 6.11. The summed E-state index contributed by atoms with van der Waals surface area (Å²) in [5.74, 6) is 2.23. The van der Waals surface area contributed by atoms with Crippen LogP contribution in [0.4, 0.5) is 14.6 Å². The van der Waals surface area contributed by atoms with Crippen LogP contribution in [0.2, 0.25) is 0 Å². The van der Waals surface area contributed by atoms with Crippen molar-refractivity contribution in [1.82, 2.24) is 35.1 Å². The fourth-order valence-electron chi connectivity index (χ4n) is 7.35. The van der Waals surface area contributed by atoms with E-state index in [-0.39, 0.29) is 17.9 Å². The molecule has 3 aliphatic heterocycles. The van der Waals surface area contributed by atoms with Crippen LogP contribution in [0.5, 0.6) is 0 Å². The van der Waals surface area contributed by atoms with Gasteiger partial charge in [-0.25, -0.2) is 23.7 Å². The van der Waals surface area contributed by atoms with Crippen molar-refractivity contribution in [3.8, 4) is 5.82 Å². The van der Waals surface area contributed by atoms with Crippen LogP contribution in [0, 0.1) is 5.92 Å². The Labute approximate surface area is 258 Å². The van der Waals surface area contributed by atoms with Crippen molar-refractivity contribution in [2.24, 2.45) is 5.92 Å². The first kappa shape index (κ1) is 29.7. The summed E-state index contributed by atoms with van der Waals surface area (Å²) >= 11 is 0. The van der Waals surface area contributed by atoms with Gasteiger partial charge in [0.2, 0.25) is 0 Å². The highest BCUT2D eigenvalue weighted by atomic mass is 19.3. The first-order chi connectivity index (χ1) is 21.5. The van der Waals surface area contributed by atoms with Crippen LogP contribution >= 0.6 is 0 Å². The second kappa shape index (κ2) is 12.8. The van der Waals surface area contributed by atoms with Crippen LogP contribution in [0.3, 0.4) is 0 Å². The van der Waals surface area contributed by atoms with E-state index in [9.17, 15) is 8.78 Å². The maximum atomic E-state index is 14.3. The molecule has 2 aromatic heterocycles. The standard InChI is InChI=1S/C33H44F2N8O/c1-21(23-11-9-22(10-12-23)19-36-20-24-6-5-13-41(24)2)29-30(40-29)32-38-27(42-14-16-44-17-15-42)18-28(39-32)43-26-8-4-3-7-25(26)37-33(43)31(34)35/h3-4,7-8,18,22,24,29-31,36,40H,5-6,9-17,19-20H2,1-2H3/t22?,24-,29?,30?/m0/s1. The van der Waals surface area contributed by atoms with Crippen molar-refractivity contribution in [3.05, 3.63) is 53.1 Å². The molecule has 1 saturated carbocycles. The third-order valence-electron chi connectivity index (χ3n) is 10.1. The number of morpholine rings is 1. The number of benzene rings is 1. The van der Waals surface area contributed by atoms with Gasteiger partial charge in [-0.05, 0) is 83.6 Å². The molecule has 2 N–H and O–H groups in total. The average molecular weight is 607 g/mol. The Morgan fingerprint density at radius 1 is 1.02 bits per heavy atom. The van der Waals surface area contributed by atoms with E-state index < -0.39 is 6.43 Å². The van der Waals surface area contributed by atoms with Crippen molar-refractivity contribution in [2.45, 2.75) is 70.0 Å². The summed E-state index contributed by atoms with van der Waals surface area (Å²) in [7, 11) is 2.24. The summed E-state index contributed by atoms with van der Waals surface area (Å²) in [6.07, 6.45) is 4.58. The summed E-state index contributed by atoms with van der Waals surface area (Å²) < 4.78 is 35.6. The summed E-state index contributed by atoms with van der Waals surface area (Å²) in [6, 6.07) is 9.85. The predicted molar refractivity (Wildman–Crippen MR) is 167 cm³/mol. The van der Waals surface area contributed by atoms with E-state index in [1.807, 2.05) is 24.3 Å². The van der Waals surface area contributed by atoms with E-state index in [4.69, 9.17) is 14.7 Å². The molecular weight excluding hydrogens is 562 g/mol. The monoisotopic (exact) mass is 606 g/mol. The van der Waals surface area contributed by atoms with Crippen LogP contribution in [-0.4, -0.2) is 89.5 Å². The van der Waals surface area contributed by atoms with Crippen LogP contribution in [0.15, 0.2) is 41.5 Å². The molecular formula is C33H44F2N8O. The first-order valence-corrected chi connectivity index (χ1v) is 16.3. The zero-order valence-corrected chi connectivity index (χ0v) is 25.8. The predicted octanol–water partition coefficient (Wildman–Crippen LogP) is 4.79. The lowest BCUT2D eigenvalue weighted by Gasteiger charge is -2.28. The van der Waals surface area contributed by atoms with E-state index in [0.29, 0.717) is 55.0 Å². The van der Waals surface area contributed by atoms with Gasteiger partial charge in [0.05, 0.1) is 36.3 Å². The number of imidazole rings is 1. The highest BCUT2D eigenvalue weighted by Gasteiger charge is 2.43. The molecule has 4 fully saturated rings. The number of nitrogens with one attached hydrogen (secondary N) is 2. The Balaban J connectivity index is 1.09. The van der Waals surface area contributed by atoms with Crippen LogP contribution < -0.4 is 15.5 Å². The van der Waals surface area contributed by atoms with Gasteiger partial charge < -0.3 is 19.9 Å². The number of para-hydroxylation sites is 2. The number of alkyl halides is 2. The number of likely N-dealkylation sites (tertiary alicyclic amines) is 1. The first-order valence-electron chi connectivity index (χ1n) is 16.3. The second-order valence-corrected chi connectivity index (χ2v) is 12.9. The summed E-state index contributed by atoms with van der Waals surface area (Å²) in [4.78, 5) is 18.8. The number of anilines is 1. The Hall–Kier alpha value is -2.99. The molecule has 7 rings (SSSR count). The summed E-state index contributed by atoms with van der Waals surface area (Å²) in [5.41, 5.74) is 4.07. The van der Waals surface area contributed by atoms with Crippen molar-refractivity contribution < 1.29 is 13.5 Å². The van der Waals surface area contributed by atoms with Gasteiger partial charge in [-0.3, -0.25) is 9.88 Å². The quantitative estimate of drug-likeness (QED) is 0.265. The fourth-order valence-corrected chi connectivity index (χ4v) is 7.35. The van der Waals surface area contributed by atoms with Gasteiger partial charge in [-0.15, -0.1) is 0 Å². The molecule has 1 aromatic carbocycles. The van der Waals surface area contributed by atoms with Gasteiger partial charge in [-0.1, -0.05) is 23.3 Å². The smallest absolute Gasteiger partial charge is 0.296 e. The van der Waals surface area contributed by atoms with E-state index in [2.05, 4.69) is 39.4 Å². The largest absolute Gasteiger partial charge is 0.378 e. The Bertz CT molecular complexity index is 1490. The SMILES string of the molecule is CC(=C1CCC(CNC[C@@H]2CCCN2C)CC1)C1NC1c1nc(N2CCOCC2)cc(-n2c(C(F)F)nc3ccccc32)n1. The van der Waals surface area contributed by atoms with Crippen molar-refractivity contribution >= 4 is 16.9 Å². The van der Waals surface area contributed by atoms with Crippen LogP contribution in [-0.2, 0) is 4.74 Å². The summed E-state index contributed by atoms with van der Waals surface area (Å²) in [6.45, 7) is 8.27. The normalized spacial score (nSPS) is 26.2. The maximum absolute atomic E-state index is 14.3. The zero-order chi connectivity index (χ0) is 30.2. The molecule has 1 aliphatic carbocycles. The van der Waals surface area contributed by atoms with E-state index in [1.54, 1.807) is 11.6 Å². The van der Waals surface area contributed by atoms with Crippen molar-refractivity contribution in [1.29, 1.82) is 0 Å². The number of ether oxygens (including phenoxy) is 1. The van der Waals surface area contributed by atoms with E-state index in [0.717, 1.165) is 37.7 Å². The molecule has 3 atom stereocenters. The van der Waals surface area contributed by atoms with Gasteiger partial charge in [0.15, 0.2) is 11.6 Å². The highest BCUT2D eigenvalue weighted by Crippen LogP contribution is 2.40. The minimum Gasteiger partial charge on any atom is -0.378 e. The minimum atomic E-state index is -2.74. The van der Waals surface area contributed by atoms with Crippen molar-refractivity contribution in [3.63, 3.8) is 0 Å².